The molecule has 37 heavy (non-hydrogen) atoms. The highest BCUT2D eigenvalue weighted by Crippen LogP contribution is 2.27. The zero-order valence-corrected chi connectivity index (χ0v) is 22.6. The van der Waals surface area contributed by atoms with Crippen molar-refractivity contribution in [2.75, 3.05) is 11.9 Å². The topological polar surface area (TPSA) is 88.6 Å². The van der Waals surface area contributed by atoms with Crippen LogP contribution in [0, 0.1) is 0 Å². The maximum Gasteiger partial charge on any atom is 0.257 e. The normalized spacial score (nSPS) is 11.6. The van der Waals surface area contributed by atoms with Gasteiger partial charge in [0.2, 0.25) is 10.0 Å². The summed E-state index contributed by atoms with van der Waals surface area (Å²) in [7, 11) is -3.75. The van der Waals surface area contributed by atoms with Gasteiger partial charge >= 0.3 is 0 Å². The van der Waals surface area contributed by atoms with Crippen LogP contribution in [0.4, 0.5) is 5.13 Å². The summed E-state index contributed by atoms with van der Waals surface area (Å²) >= 11 is 1.32. The number of carbonyl (C=O) groups is 1. The first-order chi connectivity index (χ1) is 17.8. The van der Waals surface area contributed by atoms with Crippen LogP contribution in [-0.4, -0.2) is 36.3 Å². The van der Waals surface area contributed by atoms with E-state index in [1.54, 1.807) is 0 Å². The molecule has 0 spiro atoms. The van der Waals surface area contributed by atoms with Crippen LogP contribution in [-0.2, 0) is 16.6 Å². The lowest BCUT2D eigenvalue weighted by Crippen LogP contribution is -2.36. The summed E-state index contributed by atoms with van der Waals surface area (Å²) in [6, 6.07) is 22.8. The average molecular weight is 536 g/mol. The van der Waals surface area contributed by atoms with Gasteiger partial charge in [-0.2, -0.15) is 4.31 Å². The van der Waals surface area contributed by atoms with Crippen LogP contribution < -0.4 is 10.1 Å². The molecule has 0 radical (unpaired) electrons. The van der Waals surface area contributed by atoms with Gasteiger partial charge in [0.1, 0.15) is 5.75 Å². The predicted molar refractivity (Wildman–Crippen MR) is 147 cm³/mol. The number of nitrogens with one attached hydrogen (secondary N) is 1. The molecule has 1 N–H and O–H groups in total. The van der Waals surface area contributed by atoms with Crippen molar-refractivity contribution in [3.63, 3.8) is 0 Å². The van der Waals surface area contributed by atoms with E-state index in [9.17, 15) is 13.2 Å². The summed E-state index contributed by atoms with van der Waals surface area (Å²) in [6.07, 6.45) is 0. The van der Waals surface area contributed by atoms with Crippen LogP contribution in [0.5, 0.6) is 5.75 Å². The molecule has 0 saturated carbocycles. The second kappa shape index (κ2) is 11.7. The largest absolute Gasteiger partial charge is 0.494 e. The third-order valence-electron chi connectivity index (χ3n) is 5.67. The fourth-order valence-electron chi connectivity index (χ4n) is 3.74. The van der Waals surface area contributed by atoms with Crippen molar-refractivity contribution >= 4 is 32.4 Å². The quantitative estimate of drug-likeness (QED) is 0.267. The number of rotatable bonds is 10. The number of sulfonamides is 1. The van der Waals surface area contributed by atoms with Crippen LogP contribution in [0.3, 0.4) is 0 Å². The Kier molecular flexibility index (Phi) is 8.38. The summed E-state index contributed by atoms with van der Waals surface area (Å²) < 4.78 is 33.6. The van der Waals surface area contributed by atoms with Crippen LogP contribution in [0.15, 0.2) is 89.1 Å². The number of aromatic nitrogens is 1. The van der Waals surface area contributed by atoms with Crippen molar-refractivity contribution in [3.05, 3.63) is 95.4 Å². The SMILES string of the molecule is CCOc1ccc(-c2csc(NC(=O)c3ccc(S(=O)(=O)N(Cc4ccccc4)C(C)C)cc3)n2)cc1. The smallest absolute Gasteiger partial charge is 0.257 e. The van der Waals surface area contributed by atoms with E-state index in [4.69, 9.17) is 4.74 Å². The molecule has 192 valence electrons. The molecule has 0 bridgehead atoms. The highest BCUT2D eigenvalue weighted by molar-refractivity contribution is 7.89. The molecular formula is C28H29N3O4S2. The Morgan fingerprint density at radius 2 is 1.68 bits per heavy atom. The van der Waals surface area contributed by atoms with Gasteiger partial charge in [-0.1, -0.05) is 30.3 Å². The number of benzene rings is 3. The minimum absolute atomic E-state index is 0.140. The Labute approximate surface area is 221 Å². The van der Waals surface area contributed by atoms with Crippen molar-refractivity contribution in [2.45, 2.75) is 38.3 Å². The monoisotopic (exact) mass is 535 g/mol. The highest BCUT2D eigenvalue weighted by Gasteiger charge is 2.27. The van der Waals surface area contributed by atoms with Crippen LogP contribution >= 0.6 is 11.3 Å². The van der Waals surface area contributed by atoms with Gasteiger partial charge in [0.25, 0.3) is 5.91 Å². The molecule has 0 fully saturated rings. The molecule has 3 aromatic carbocycles. The number of carbonyl (C=O) groups excluding carboxylic acids is 1. The molecule has 0 atom stereocenters. The van der Waals surface area contributed by atoms with Crippen molar-refractivity contribution in [3.8, 4) is 17.0 Å². The van der Waals surface area contributed by atoms with Crippen molar-refractivity contribution < 1.29 is 17.9 Å². The zero-order chi connectivity index (χ0) is 26.4. The Morgan fingerprint density at radius 1 is 1.00 bits per heavy atom. The van der Waals surface area contributed by atoms with Crippen LogP contribution in [0.1, 0.15) is 36.7 Å². The molecule has 0 unspecified atom stereocenters. The van der Waals surface area contributed by atoms with Gasteiger partial charge < -0.3 is 4.74 Å². The van der Waals surface area contributed by atoms with Crippen LogP contribution in [0.25, 0.3) is 11.3 Å². The maximum absolute atomic E-state index is 13.4. The summed E-state index contributed by atoms with van der Waals surface area (Å²) in [5, 5.41) is 5.12. The number of ether oxygens (including phenoxy) is 1. The first-order valence-electron chi connectivity index (χ1n) is 11.9. The fourth-order valence-corrected chi connectivity index (χ4v) is 6.08. The fraction of sp³-hybridized carbons (Fsp3) is 0.214. The van der Waals surface area contributed by atoms with Gasteiger partial charge in [-0.3, -0.25) is 10.1 Å². The summed E-state index contributed by atoms with van der Waals surface area (Å²) in [5.41, 5.74) is 2.91. The van der Waals surface area contributed by atoms with Gasteiger partial charge in [0.05, 0.1) is 17.2 Å². The van der Waals surface area contributed by atoms with Gasteiger partial charge in [0.15, 0.2) is 5.13 Å². The molecule has 1 aromatic heterocycles. The van der Waals surface area contributed by atoms with Crippen LogP contribution in [0.2, 0.25) is 0 Å². The molecule has 0 saturated heterocycles. The maximum atomic E-state index is 13.4. The Bertz CT molecular complexity index is 1430. The van der Waals surface area contributed by atoms with E-state index >= 15 is 0 Å². The van der Waals surface area contributed by atoms with Gasteiger partial charge in [-0.25, -0.2) is 13.4 Å². The lowest BCUT2D eigenvalue weighted by atomic mass is 10.2. The van der Waals surface area contributed by atoms with E-state index in [0.29, 0.717) is 17.3 Å². The number of nitrogens with zero attached hydrogens (tertiary/aromatic N) is 2. The number of thiazole rings is 1. The third kappa shape index (κ3) is 6.43. The van der Waals surface area contributed by atoms with E-state index < -0.39 is 10.0 Å². The van der Waals surface area contributed by atoms with Gasteiger partial charge in [-0.05, 0) is 74.9 Å². The van der Waals surface area contributed by atoms with E-state index in [1.165, 1.54) is 39.9 Å². The van der Waals surface area contributed by atoms with E-state index in [2.05, 4.69) is 10.3 Å². The molecular weight excluding hydrogens is 506 g/mol. The van der Waals surface area contributed by atoms with Crippen molar-refractivity contribution in [1.82, 2.24) is 9.29 Å². The minimum Gasteiger partial charge on any atom is -0.494 e. The number of hydrogen-bond donors (Lipinski definition) is 1. The second-order valence-corrected chi connectivity index (χ2v) is 11.4. The first-order valence-corrected chi connectivity index (χ1v) is 14.3. The Hall–Kier alpha value is -3.53. The molecule has 1 heterocycles. The molecule has 4 aromatic rings. The molecule has 1 amide bonds. The third-order valence-corrected chi connectivity index (χ3v) is 8.46. The van der Waals surface area contributed by atoms with E-state index in [1.807, 2.05) is 80.7 Å². The molecule has 4 rings (SSSR count). The highest BCUT2D eigenvalue weighted by atomic mass is 32.2. The number of anilines is 1. The minimum atomic E-state index is -3.75. The van der Waals surface area contributed by atoms with E-state index in [-0.39, 0.29) is 23.4 Å². The molecule has 0 aliphatic rings. The molecule has 0 aliphatic heterocycles. The van der Waals surface area contributed by atoms with Crippen molar-refractivity contribution in [1.29, 1.82) is 0 Å². The number of hydrogen-bond acceptors (Lipinski definition) is 6. The Balaban J connectivity index is 1.45. The van der Waals surface area contributed by atoms with Gasteiger partial charge in [-0.15, -0.1) is 11.3 Å². The summed E-state index contributed by atoms with van der Waals surface area (Å²) in [4.78, 5) is 17.4. The van der Waals surface area contributed by atoms with Crippen molar-refractivity contribution in [2.24, 2.45) is 0 Å². The zero-order valence-electron chi connectivity index (χ0n) is 20.9. The molecule has 0 aliphatic carbocycles. The predicted octanol–water partition coefficient (Wildman–Crippen LogP) is 6.06. The Morgan fingerprint density at radius 3 is 2.30 bits per heavy atom. The van der Waals surface area contributed by atoms with E-state index in [0.717, 1.165) is 22.6 Å². The molecule has 7 nitrogen and oxygen atoms in total. The lowest BCUT2D eigenvalue weighted by Gasteiger charge is -2.26. The average Bonchev–Trinajstić information content (AvgIpc) is 3.36. The first kappa shape index (κ1) is 26.5. The second-order valence-electron chi connectivity index (χ2n) is 8.60. The standard InChI is InChI=1S/C28H29N3O4S2/c1-4-35-24-14-10-22(11-15-24)26-19-36-28(29-26)30-27(32)23-12-16-25(17-13-23)37(33,34)31(20(2)3)18-21-8-6-5-7-9-21/h5-17,19-20H,4,18H2,1-3H3,(H,29,30,32). The molecule has 9 heteroatoms. The summed E-state index contributed by atoms with van der Waals surface area (Å²) in [5.74, 6) is 0.429. The van der Waals surface area contributed by atoms with Gasteiger partial charge in [0, 0.05) is 29.1 Å². The number of amides is 1. The summed E-state index contributed by atoms with van der Waals surface area (Å²) in [6.45, 7) is 6.49. The lowest BCUT2D eigenvalue weighted by molar-refractivity contribution is 0.102.